The molecule has 0 radical (unpaired) electrons. The van der Waals surface area contributed by atoms with Crippen LogP contribution in [0.2, 0.25) is 0 Å². The van der Waals surface area contributed by atoms with E-state index in [2.05, 4.69) is 62.0 Å². The second-order valence-corrected chi connectivity index (χ2v) is 3.97. The summed E-state index contributed by atoms with van der Waals surface area (Å²) in [7, 11) is 0. The third-order valence-corrected chi connectivity index (χ3v) is 2.90. The minimum absolute atomic E-state index is 1.19. The molecule has 0 fully saturated rings. The molecule has 0 aromatic heterocycles. The van der Waals surface area contributed by atoms with E-state index in [-0.39, 0.29) is 0 Å². The summed E-state index contributed by atoms with van der Waals surface area (Å²) >= 11 is 0. The van der Waals surface area contributed by atoms with E-state index < -0.39 is 0 Å². The van der Waals surface area contributed by atoms with Crippen molar-refractivity contribution in [3.63, 3.8) is 0 Å². The highest BCUT2D eigenvalue weighted by Gasteiger charge is 2.03. The Labute approximate surface area is 103 Å². The molecule has 0 aliphatic rings. The number of hydrogen-bond acceptors (Lipinski definition) is 0. The molecule has 2 aromatic carbocycles. The van der Waals surface area contributed by atoms with Crippen molar-refractivity contribution in [2.75, 3.05) is 0 Å². The minimum atomic E-state index is 1.19. The van der Waals surface area contributed by atoms with Crippen LogP contribution in [0.15, 0.2) is 73.3 Å². The molecule has 0 saturated heterocycles. The van der Waals surface area contributed by atoms with E-state index in [4.69, 9.17) is 0 Å². The fourth-order valence-corrected chi connectivity index (χ4v) is 1.95. The third kappa shape index (κ3) is 2.54. The van der Waals surface area contributed by atoms with Crippen LogP contribution < -0.4 is 0 Å². The zero-order valence-electron chi connectivity index (χ0n) is 10.1. The van der Waals surface area contributed by atoms with E-state index in [1.165, 1.54) is 22.3 Å². The summed E-state index contributed by atoms with van der Waals surface area (Å²) in [5.74, 6) is 0. The molecular formula is C17H16. The Morgan fingerprint density at radius 2 is 1.29 bits per heavy atom. The lowest BCUT2D eigenvalue weighted by Gasteiger charge is -2.09. The van der Waals surface area contributed by atoms with E-state index in [1.807, 2.05) is 18.2 Å². The zero-order chi connectivity index (χ0) is 12.1. The van der Waals surface area contributed by atoms with Gasteiger partial charge in [-0.25, -0.2) is 0 Å². The molecule has 2 rings (SSSR count). The van der Waals surface area contributed by atoms with Crippen molar-refractivity contribution < 1.29 is 0 Å². The zero-order valence-corrected chi connectivity index (χ0v) is 10.1. The van der Waals surface area contributed by atoms with Crippen molar-refractivity contribution in [2.45, 2.75) is 6.92 Å². The normalized spacial score (nSPS) is 11.8. The van der Waals surface area contributed by atoms with E-state index in [1.54, 1.807) is 0 Å². The Kier molecular flexibility index (Phi) is 3.56. The summed E-state index contributed by atoms with van der Waals surface area (Å²) in [5, 5.41) is 0. The lowest BCUT2D eigenvalue weighted by atomic mass is 9.96. The highest BCUT2D eigenvalue weighted by atomic mass is 14.1. The van der Waals surface area contributed by atoms with Gasteiger partial charge in [0.2, 0.25) is 0 Å². The Morgan fingerprint density at radius 3 is 1.76 bits per heavy atom. The van der Waals surface area contributed by atoms with Crippen molar-refractivity contribution >= 4 is 11.1 Å². The van der Waals surface area contributed by atoms with Gasteiger partial charge in [-0.15, -0.1) is 0 Å². The first-order chi connectivity index (χ1) is 8.33. The van der Waals surface area contributed by atoms with E-state index in [9.17, 15) is 0 Å². The molecule has 0 bridgehead atoms. The minimum Gasteiger partial charge on any atom is -0.0984 e. The molecule has 0 atom stereocenters. The van der Waals surface area contributed by atoms with Crippen LogP contribution in [-0.2, 0) is 0 Å². The number of benzene rings is 2. The van der Waals surface area contributed by atoms with Crippen LogP contribution in [0.25, 0.3) is 11.1 Å². The molecule has 2 aromatic rings. The van der Waals surface area contributed by atoms with Crippen LogP contribution in [0.1, 0.15) is 18.1 Å². The van der Waals surface area contributed by atoms with Crippen LogP contribution in [0.3, 0.4) is 0 Å². The van der Waals surface area contributed by atoms with Gasteiger partial charge >= 0.3 is 0 Å². The maximum Gasteiger partial charge on any atom is -0.0155 e. The third-order valence-electron chi connectivity index (χ3n) is 2.90. The first-order valence-electron chi connectivity index (χ1n) is 5.77. The maximum atomic E-state index is 3.93. The number of hydrogen-bond donors (Lipinski definition) is 0. The van der Waals surface area contributed by atoms with Gasteiger partial charge in [0.1, 0.15) is 0 Å². The second-order valence-electron chi connectivity index (χ2n) is 3.97. The Balaban J connectivity index is 2.52. The van der Waals surface area contributed by atoms with Crippen molar-refractivity contribution in [1.82, 2.24) is 0 Å². The molecule has 0 spiro atoms. The molecular weight excluding hydrogens is 204 g/mol. The monoisotopic (exact) mass is 220 g/mol. The predicted octanol–water partition coefficient (Wildman–Crippen LogP) is 4.80. The Hall–Kier alpha value is -2.08. The highest BCUT2D eigenvalue weighted by Crippen LogP contribution is 2.26. The maximum absolute atomic E-state index is 3.93. The van der Waals surface area contributed by atoms with Gasteiger partial charge in [-0.3, -0.25) is 0 Å². The van der Waals surface area contributed by atoms with Crippen LogP contribution >= 0.6 is 0 Å². The molecule has 0 aliphatic heterocycles. The van der Waals surface area contributed by atoms with Crippen molar-refractivity contribution in [3.8, 4) is 0 Å². The predicted molar refractivity (Wildman–Crippen MR) is 75.6 cm³/mol. The summed E-state index contributed by atoms with van der Waals surface area (Å²) in [6.45, 7) is 6.06. The average Bonchev–Trinajstić information content (AvgIpc) is 2.42. The van der Waals surface area contributed by atoms with Gasteiger partial charge < -0.3 is 0 Å². The second kappa shape index (κ2) is 5.31. The molecule has 0 amide bonds. The highest BCUT2D eigenvalue weighted by molar-refractivity contribution is 5.94. The molecule has 84 valence electrons. The summed E-state index contributed by atoms with van der Waals surface area (Å²) < 4.78 is 0. The van der Waals surface area contributed by atoms with E-state index in [0.717, 1.165) is 0 Å². The SMILES string of the molecule is C=CC(=C(C)c1ccccc1)c1ccccc1. The lowest BCUT2D eigenvalue weighted by molar-refractivity contribution is 1.55. The fraction of sp³-hybridized carbons (Fsp3) is 0.0588. The molecule has 0 heterocycles. The average molecular weight is 220 g/mol. The summed E-state index contributed by atoms with van der Waals surface area (Å²) in [5.41, 5.74) is 4.90. The van der Waals surface area contributed by atoms with Crippen LogP contribution in [-0.4, -0.2) is 0 Å². The largest absolute Gasteiger partial charge is 0.0984 e. The molecule has 0 N–H and O–H groups in total. The molecule has 17 heavy (non-hydrogen) atoms. The summed E-state index contributed by atoms with van der Waals surface area (Å²) in [6, 6.07) is 20.8. The van der Waals surface area contributed by atoms with Crippen molar-refractivity contribution in [2.24, 2.45) is 0 Å². The summed E-state index contributed by atoms with van der Waals surface area (Å²) in [4.78, 5) is 0. The smallest absolute Gasteiger partial charge is 0.0155 e. The first kappa shape index (κ1) is 11.4. The topological polar surface area (TPSA) is 0 Å². The van der Waals surface area contributed by atoms with Crippen molar-refractivity contribution in [1.29, 1.82) is 0 Å². The molecule has 0 nitrogen and oxygen atoms in total. The standard InChI is InChI=1S/C17H16/c1-3-17(16-12-8-5-9-13-16)14(2)15-10-6-4-7-11-15/h3-13H,1H2,2H3. The summed E-state index contributed by atoms with van der Waals surface area (Å²) in [6.07, 6.45) is 1.93. The van der Waals surface area contributed by atoms with Crippen molar-refractivity contribution in [3.05, 3.63) is 84.4 Å². The molecule has 0 unspecified atom stereocenters. The quantitative estimate of drug-likeness (QED) is 0.514. The molecule has 0 saturated carbocycles. The van der Waals surface area contributed by atoms with E-state index >= 15 is 0 Å². The first-order valence-corrected chi connectivity index (χ1v) is 5.77. The number of rotatable bonds is 3. The van der Waals surface area contributed by atoms with Gasteiger partial charge in [0.25, 0.3) is 0 Å². The van der Waals surface area contributed by atoms with Gasteiger partial charge in [0.05, 0.1) is 0 Å². The van der Waals surface area contributed by atoms with E-state index in [0.29, 0.717) is 0 Å². The van der Waals surface area contributed by atoms with Gasteiger partial charge in [0.15, 0.2) is 0 Å². The number of allylic oxidation sites excluding steroid dienone is 3. The van der Waals surface area contributed by atoms with Crippen LogP contribution in [0.5, 0.6) is 0 Å². The van der Waals surface area contributed by atoms with Gasteiger partial charge in [0, 0.05) is 0 Å². The van der Waals surface area contributed by atoms with Crippen LogP contribution in [0.4, 0.5) is 0 Å². The van der Waals surface area contributed by atoms with Gasteiger partial charge in [-0.05, 0) is 29.2 Å². The van der Waals surface area contributed by atoms with Gasteiger partial charge in [-0.2, -0.15) is 0 Å². The molecule has 0 heteroatoms. The van der Waals surface area contributed by atoms with Gasteiger partial charge in [-0.1, -0.05) is 73.3 Å². The van der Waals surface area contributed by atoms with Crippen LogP contribution in [0, 0.1) is 0 Å². The Morgan fingerprint density at radius 1 is 0.824 bits per heavy atom. The fourth-order valence-electron chi connectivity index (χ4n) is 1.95. The lowest BCUT2D eigenvalue weighted by Crippen LogP contribution is -1.86. The Bertz CT molecular complexity index is 518. The molecule has 0 aliphatic carbocycles.